The number of nitrogens with one attached hydrogen (secondary N) is 1. The number of aromatic nitrogens is 6. The molecular weight excluding hydrogens is 594 g/mol. The predicted molar refractivity (Wildman–Crippen MR) is 191 cm³/mol. The van der Waals surface area contributed by atoms with E-state index in [1.807, 2.05) is 43.3 Å². The lowest BCUT2D eigenvalue weighted by Crippen LogP contribution is -1.95. The fraction of sp³-hybridized carbons (Fsp3) is 0.0513. The number of tetrazole rings is 1. The van der Waals surface area contributed by atoms with Crippen LogP contribution < -0.4 is 0 Å². The maximum Gasteiger partial charge on any atom is 0.179 e. The quantitative estimate of drug-likeness (QED) is 0.108. The van der Waals surface area contributed by atoms with Crippen molar-refractivity contribution in [2.45, 2.75) is 6.92 Å². The van der Waals surface area contributed by atoms with Crippen molar-refractivity contribution in [3.05, 3.63) is 139 Å². The summed E-state index contributed by atoms with van der Waals surface area (Å²) in [6.45, 7) is 1.92. The zero-order valence-electron chi connectivity index (χ0n) is 26.3. The van der Waals surface area contributed by atoms with Gasteiger partial charge in [0.15, 0.2) is 5.82 Å². The van der Waals surface area contributed by atoms with Gasteiger partial charge in [0, 0.05) is 33.2 Å². The molecule has 230 valence electrons. The number of fused-ring (bicyclic) bond motifs is 3. The van der Waals surface area contributed by atoms with Crippen LogP contribution in [-0.4, -0.2) is 42.9 Å². The number of pyridine rings is 1. The second-order valence-corrected chi connectivity index (χ2v) is 11.4. The van der Waals surface area contributed by atoms with Crippen LogP contribution in [0.4, 0.5) is 0 Å². The summed E-state index contributed by atoms with van der Waals surface area (Å²) in [6, 6.07) is 46.5. The van der Waals surface area contributed by atoms with Gasteiger partial charge in [-0.2, -0.15) is 5.11 Å². The molecule has 3 aromatic heterocycles. The highest BCUT2D eigenvalue weighted by molar-refractivity contribution is 6.09. The first-order valence-electron chi connectivity index (χ1n) is 15.6. The summed E-state index contributed by atoms with van der Waals surface area (Å²) < 4.78 is 2.33. The molecule has 0 bridgehead atoms. The van der Waals surface area contributed by atoms with Gasteiger partial charge in [-0.05, 0) is 75.7 Å². The first-order valence-corrected chi connectivity index (χ1v) is 15.6. The standard InChI is InChI=1S/C39H29N9/c1-25(42-45-40-2)26-11-13-28(14-12-26)35-23-31(24-36(41-35)29-15-17-30(18-16-29)39-43-46-47-44-39)27-19-21-32(22-20-27)48-37-9-5-3-7-33(37)34-8-4-6-10-38(34)48/h3-24H,1-2H3,(H,43,44,46,47)/b42-25+,45-40-. The Morgan fingerprint density at radius 1 is 0.625 bits per heavy atom. The molecule has 0 aliphatic carbocycles. The number of aromatic amines is 1. The number of nitrogens with zero attached hydrogens (tertiary/aromatic N) is 8. The average molecular weight is 624 g/mol. The number of hydrogen-bond acceptors (Lipinski definition) is 6. The minimum absolute atomic E-state index is 0.617. The van der Waals surface area contributed by atoms with E-state index < -0.39 is 0 Å². The van der Waals surface area contributed by atoms with E-state index in [1.54, 1.807) is 7.05 Å². The predicted octanol–water partition coefficient (Wildman–Crippen LogP) is 9.17. The molecule has 0 saturated carbocycles. The molecule has 0 radical (unpaired) electrons. The zero-order chi connectivity index (χ0) is 32.5. The maximum absolute atomic E-state index is 5.13. The minimum Gasteiger partial charge on any atom is -0.309 e. The van der Waals surface area contributed by atoms with Crippen LogP contribution in [0.1, 0.15) is 12.5 Å². The lowest BCUT2D eigenvalue weighted by Gasteiger charge is -2.12. The largest absolute Gasteiger partial charge is 0.309 e. The average Bonchev–Trinajstić information content (AvgIpc) is 3.81. The van der Waals surface area contributed by atoms with Gasteiger partial charge in [-0.3, -0.25) is 0 Å². The zero-order valence-corrected chi connectivity index (χ0v) is 26.3. The molecule has 0 aliphatic heterocycles. The monoisotopic (exact) mass is 623 g/mol. The molecule has 1 N–H and O–H groups in total. The van der Waals surface area contributed by atoms with Gasteiger partial charge in [0.05, 0.1) is 35.2 Å². The van der Waals surface area contributed by atoms with Gasteiger partial charge < -0.3 is 4.57 Å². The Bertz CT molecular complexity index is 2390. The first-order chi connectivity index (χ1) is 23.7. The van der Waals surface area contributed by atoms with Crippen molar-refractivity contribution in [2.24, 2.45) is 15.4 Å². The highest BCUT2D eigenvalue weighted by atomic mass is 15.5. The number of H-pyrrole nitrogens is 1. The molecule has 8 rings (SSSR count). The summed E-state index contributed by atoms with van der Waals surface area (Å²) in [4.78, 5) is 5.13. The Balaban J connectivity index is 1.21. The van der Waals surface area contributed by atoms with Crippen LogP contribution in [0.15, 0.2) is 149 Å². The van der Waals surface area contributed by atoms with E-state index >= 15 is 0 Å². The first kappa shape index (κ1) is 28.8. The van der Waals surface area contributed by atoms with Crippen molar-refractivity contribution in [2.75, 3.05) is 7.05 Å². The van der Waals surface area contributed by atoms with Crippen LogP contribution in [0.25, 0.3) is 72.5 Å². The second kappa shape index (κ2) is 12.3. The molecule has 0 unspecified atom stereocenters. The van der Waals surface area contributed by atoms with Crippen LogP contribution in [0, 0.1) is 0 Å². The number of hydrogen-bond donors (Lipinski definition) is 1. The third-order valence-corrected chi connectivity index (χ3v) is 8.55. The Labute approximate surface area is 276 Å². The molecular formula is C39H29N9. The van der Waals surface area contributed by atoms with Crippen LogP contribution in [0.5, 0.6) is 0 Å². The third-order valence-electron chi connectivity index (χ3n) is 8.55. The number of benzene rings is 5. The maximum atomic E-state index is 5.13. The smallest absolute Gasteiger partial charge is 0.179 e. The summed E-state index contributed by atoms with van der Waals surface area (Å²) in [7, 11) is 1.60. The molecule has 8 aromatic rings. The topological polar surface area (TPSA) is 109 Å². The van der Waals surface area contributed by atoms with Gasteiger partial charge in [-0.1, -0.05) is 97.1 Å². The van der Waals surface area contributed by atoms with Crippen molar-refractivity contribution in [3.8, 4) is 50.7 Å². The van der Waals surface area contributed by atoms with Gasteiger partial charge in [0.1, 0.15) is 0 Å². The fourth-order valence-corrected chi connectivity index (χ4v) is 6.13. The van der Waals surface area contributed by atoms with Crippen LogP contribution in [-0.2, 0) is 0 Å². The van der Waals surface area contributed by atoms with Crippen molar-refractivity contribution in [3.63, 3.8) is 0 Å². The molecule has 0 atom stereocenters. The van der Waals surface area contributed by atoms with E-state index in [2.05, 4.69) is 138 Å². The molecule has 0 amide bonds. The molecule has 5 aromatic carbocycles. The lowest BCUT2D eigenvalue weighted by atomic mass is 9.98. The Morgan fingerprint density at radius 2 is 1.19 bits per heavy atom. The molecule has 48 heavy (non-hydrogen) atoms. The van der Waals surface area contributed by atoms with Gasteiger partial charge in [0.25, 0.3) is 0 Å². The van der Waals surface area contributed by atoms with Gasteiger partial charge in [-0.15, -0.1) is 10.2 Å². The van der Waals surface area contributed by atoms with Crippen molar-refractivity contribution >= 4 is 27.5 Å². The normalized spacial score (nSPS) is 12.0. The van der Waals surface area contributed by atoms with E-state index in [0.29, 0.717) is 5.82 Å². The van der Waals surface area contributed by atoms with E-state index in [0.717, 1.165) is 56.2 Å². The Kier molecular flexibility index (Phi) is 7.39. The molecule has 9 heteroatoms. The van der Waals surface area contributed by atoms with E-state index in [1.165, 1.54) is 21.8 Å². The Morgan fingerprint density at radius 3 is 1.77 bits per heavy atom. The minimum atomic E-state index is 0.617. The SMILES string of the molecule is C/N=N\N=C(/C)c1ccc(-c2cc(-c3ccc(-n4c5ccccc5c5ccccc54)cc3)cc(-c3ccc(-c4nnn[nH]4)cc3)n2)cc1. The highest BCUT2D eigenvalue weighted by Crippen LogP contribution is 2.34. The van der Waals surface area contributed by atoms with E-state index in [-0.39, 0.29) is 0 Å². The van der Waals surface area contributed by atoms with Gasteiger partial charge in [0.2, 0.25) is 0 Å². The van der Waals surface area contributed by atoms with Crippen LogP contribution >= 0.6 is 0 Å². The summed E-state index contributed by atoms with van der Waals surface area (Å²) in [5.74, 6) is 0.617. The summed E-state index contributed by atoms with van der Waals surface area (Å²) in [5.41, 5.74) is 12.0. The Hall–Kier alpha value is -6.61. The summed E-state index contributed by atoms with van der Waals surface area (Å²) >= 11 is 0. The van der Waals surface area contributed by atoms with Crippen LogP contribution in [0.3, 0.4) is 0 Å². The summed E-state index contributed by atoms with van der Waals surface area (Å²) in [5, 5.41) is 28.4. The third kappa shape index (κ3) is 5.33. The summed E-state index contributed by atoms with van der Waals surface area (Å²) in [6.07, 6.45) is 0. The molecule has 9 nitrogen and oxygen atoms in total. The molecule has 3 heterocycles. The number of para-hydroxylation sites is 2. The molecule has 0 aliphatic rings. The van der Waals surface area contributed by atoms with Crippen molar-refractivity contribution in [1.82, 2.24) is 30.2 Å². The fourth-order valence-electron chi connectivity index (χ4n) is 6.13. The van der Waals surface area contributed by atoms with E-state index in [4.69, 9.17) is 4.98 Å². The van der Waals surface area contributed by atoms with Gasteiger partial charge >= 0.3 is 0 Å². The van der Waals surface area contributed by atoms with E-state index in [9.17, 15) is 0 Å². The number of rotatable bonds is 7. The van der Waals surface area contributed by atoms with Gasteiger partial charge in [-0.25, -0.2) is 10.1 Å². The molecule has 0 spiro atoms. The lowest BCUT2D eigenvalue weighted by molar-refractivity contribution is 0.881. The van der Waals surface area contributed by atoms with Crippen molar-refractivity contribution in [1.29, 1.82) is 0 Å². The molecule has 0 saturated heterocycles. The second-order valence-electron chi connectivity index (χ2n) is 11.4. The van der Waals surface area contributed by atoms with Crippen molar-refractivity contribution < 1.29 is 0 Å². The highest BCUT2D eigenvalue weighted by Gasteiger charge is 2.14. The van der Waals surface area contributed by atoms with Crippen LogP contribution in [0.2, 0.25) is 0 Å². The molecule has 0 fully saturated rings.